The number of hydrogen-bond acceptors (Lipinski definition) is 3. The summed E-state index contributed by atoms with van der Waals surface area (Å²) >= 11 is 0. The van der Waals surface area contributed by atoms with Gasteiger partial charge in [0.2, 0.25) is 5.91 Å². The van der Waals surface area contributed by atoms with Gasteiger partial charge in [0.25, 0.3) is 5.56 Å². The number of hydrogen-bond donors (Lipinski definition) is 1. The zero-order chi connectivity index (χ0) is 22.3. The van der Waals surface area contributed by atoms with Crippen molar-refractivity contribution in [3.8, 4) is 0 Å². The van der Waals surface area contributed by atoms with Gasteiger partial charge in [-0.25, -0.2) is 4.98 Å². The Labute approximate surface area is 187 Å². The van der Waals surface area contributed by atoms with Gasteiger partial charge in [-0.2, -0.15) is 0 Å². The molecule has 1 heterocycles. The molecule has 0 radical (unpaired) electrons. The van der Waals surface area contributed by atoms with Gasteiger partial charge >= 0.3 is 0 Å². The van der Waals surface area contributed by atoms with Crippen LogP contribution in [0.2, 0.25) is 0 Å². The van der Waals surface area contributed by atoms with Crippen LogP contribution in [0.25, 0.3) is 10.9 Å². The van der Waals surface area contributed by atoms with Crippen molar-refractivity contribution < 1.29 is 4.79 Å². The quantitative estimate of drug-likeness (QED) is 0.449. The van der Waals surface area contributed by atoms with Gasteiger partial charge in [-0.3, -0.25) is 14.2 Å². The van der Waals surface area contributed by atoms with Crippen LogP contribution in [-0.2, 0) is 17.8 Å². The van der Waals surface area contributed by atoms with Gasteiger partial charge in [-0.1, -0.05) is 72.8 Å². The zero-order valence-corrected chi connectivity index (χ0v) is 18.2. The molecule has 0 aliphatic carbocycles. The van der Waals surface area contributed by atoms with Crippen LogP contribution in [0.1, 0.15) is 35.6 Å². The van der Waals surface area contributed by atoms with E-state index in [4.69, 9.17) is 0 Å². The lowest BCUT2D eigenvalue weighted by molar-refractivity contribution is -0.122. The SMILES string of the molecule is Cc1cccc2c(=O)n(CC(=O)N[C@H](CCCc3ccccc3)c3ccccc3)cnc12. The number of carbonyl (C=O) groups excluding carboxylic acids is 1. The minimum Gasteiger partial charge on any atom is -0.348 e. The number of rotatable bonds is 8. The Bertz CT molecular complexity index is 1250. The van der Waals surface area contributed by atoms with Crippen LogP contribution in [0.5, 0.6) is 0 Å². The Morgan fingerprint density at radius 3 is 2.44 bits per heavy atom. The lowest BCUT2D eigenvalue weighted by Gasteiger charge is -2.20. The maximum absolute atomic E-state index is 12.9. The van der Waals surface area contributed by atoms with Crippen molar-refractivity contribution in [1.29, 1.82) is 0 Å². The van der Waals surface area contributed by atoms with E-state index < -0.39 is 0 Å². The molecule has 1 atom stereocenters. The van der Waals surface area contributed by atoms with E-state index in [9.17, 15) is 9.59 Å². The topological polar surface area (TPSA) is 64.0 Å². The summed E-state index contributed by atoms with van der Waals surface area (Å²) in [5, 5.41) is 3.66. The minimum absolute atomic E-state index is 0.0578. The molecule has 0 saturated carbocycles. The molecule has 0 bridgehead atoms. The molecular weight excluding hydrogens is 398 g/mol. The average molecular weight is 426 g/mol. The zero-order valence-electron chi connectivity index (χ0n) is 18.2. The number of nitrogens with one attached hydrogen (secondary N) is 1. The highest BCUT2D eigenvalue weighted by molar-refractivity contribution is 5.81. The fourth-order valence-corrected chi connectivity index (χ4v) is 4.01. The minimum atomic E-state index is -0.200. The summed E-state index contributed by atoms with van der Waals surface area (Å²) in [5.74, 6) is -0.200. The highest BCUT2D eigenvalue weighted by Gasteiger charge is 2.16. The van der Waals surface area contributed by atoms with E-state index in [1.165, 1.54) is 16.5 Å². The molecule has 0 saturated heterocycles. The third kappa shape index (κ3) is 5.11. The molecule has 0 fully saturated rings. The Hall–Kier alpha value is -3.73. The van der Waals surface area contributed by atoms with Gasteiger partial charge in [0.1, 0.15) is 6.54 Å². The van der Waals surface area contributed by atoms with E-state index in [1.54, 1.807) is 6.07 Å². The smallest absolute Gasteiger partial charge is 0.261 e. The van der Waals surface area contributed by atoms with Gasteiger partial charge < -0.3 is 5.32 Å². The van der Waals surface area contributed by atoms with Crippen molar-refractivity contribution in [2.24, 2.45) is 0 Å². The summed E-state index contributed by atoms with van der Waals surface area (Å²) < 4.78 is 1.38. The van der Waals surface area contributed by atoms with Crippen LogP contribution in [0.15, 0.2) is 90.0 Å². The van der Waals surface area contributed by atoms with Crippen molar-refractivity contribution >= 4 is 16.8 Å². The van der Waals surface area contributed by atoms with Crippen molar-refractivity contribution in [1.82, 2.24) is 14.9 Å². The summed E-state index contributed by atoms with van der Waals surface area (Å²) in [6, 6.07) is 25.7. The van der Waals surface area contributed by atoms with Crippen LogP contribution >= 0.6 is 0 Å². The molecule has 5 heteroatoms. The van der Waals surface area contributed by atoms with Crippen molar-refractivity contribution in [3.63, 3.8) is 0 Å². The lowest BCUT2D eigenvalue weighted by Crippen LogP contribution is -2.35. The predicted molar refractivity (Wildman–Crippen MR) is 127 cm³/mol. The number of fused-ring (bicyclic) bond motifs is 1. The lowest BCUT2D eigenvalue weighted by atomic mass is 9.99. The average Bonchev–Trinajstić information content (AvgIpc) is 2.82. The van der Waals surface area contributed by atoms with Gasteiger partial charge in [0.05, 0.1) is 23.3 Å². The Morgan fingerprint density at radius 1 is 0.969 bits per heavy atom. The third-order valence-corrected chi connectivity index (χ3v) is 5.71. The molecule has 0 aliphatic rings. The van der Waals surface area contributed by atoms with E-state index in [2.05, 4.69) is 22.4 Å². The number of aryl methyl sites for hydroxylation is 2. The molecule has 1 amide bonds. The first kappa shape index (κ1) is 21.5. The first-order valence-electron chi connectivity index (χ1n) is 10.9. The van der Waals surface area contributed by atoms with E-state index in [0.29, 0.717) is 10.9 Å². The molecule has 0 unspecified atom stereocenters. The van der Waals surface area contributed by atoms with Gasteiger partial charge in [0, 0.05) is 0 Å². The Balaban J connectivity index is 1.47. The molecule has 0 spiro atoms. The third-order valence-electron chi connectivity index (χ3n) is 5.71. The van der Waals surface area contributed by atoms with Crippen LogP contribution < -0.4 is 10.9 Å². The number of nitrogens with zero attached hydrogens (tertiary/aromatic N) is 2. The molecule has 4 rings (SSSR count). The van der Waals surface area contributed by atoms with E-state index in [0.717, 1.165) is 30.4 Å². The Kier molecular flexibility index (Phi) is 6.75. The van der Waals surface area contributed by atoms with Gasteiger partial charge in [0.15, 0.2) is 0 Å². The van der Waals surface area contributed by atoms with Crippen LogP contribution in [0, 0.1) is 6.92 Å². The van der Waals surface area contributed by atoms with E-state index in [-0.39, 0.29) is 24.1 Å². The monoisotopic (exact) mass is 425 g/mol. The van der Waals surface area contributed by atoms with Crippen molar-refractivity contribution in [2.45, 2.75) is 38.8 Å². The van der Waals surface area contributed by atoms with Crippen LogP contribution in [0.4, 0.5) is 0 Å². The highest BCUT2D eigenvalue weighted by Crippen LogP contribution is 2.20. The molecule has 1 aromatic heterocycles. The molecule has 162 valence electrons. The summed E-state index contributed by atoms with van der Waals surface area (Å²) in [5.41, 5.74) is 3.77. The molecule has 3 aromatic carbocycles. The van der Waals surface area contributed by atoms with Crippen molar-refractivity contribution in [2.75, 3.05) is 0 Å². The van der Waals surface area contributed by atoms with Crippen LogP contribution in [0.3, 0.4) is 0 Å². The molecule has 1 N–H and O–H groups in total. The summed E-state index contributed by atoms with van der Waals surface area (Å²) in [4.78, 5) is 30.1. The fourth-order valence-electron chi connectivity index (χ4n) is 4.01. The highest BCUT2D eigenvalue weighted by atomic mass is 16.2. The summed E-state index contributed by atoms with van der Waals surface area (Å²) in [6.07, 6.45) is 4.17. The Morgan fingerprint density at radius 2 is 1.69 bits per heavy atom. The number of aromatic nitrogens is 2. The summed E-state index contributed by atoms with van der Waals surface area (Å²) in [6.45, 7) is 1.86. The molecule has 5 nitrogen and oxygen atoms in total. The maximum atomic E-state index is 12.9. The fraction of sp³-hybridized carbons (Fsp3) is 0.222. The summed E-state index contributed by atoms with van der Waals surface area (Å²) in [7, 11) is 0. The normalized spacial score (nSPS) is 11.9. The molecule has 4 aromatic rings. The van der Waals surface area contributed by atoms with E-state index >= 15 is 0 Å². The predicted octanol–water partition coefficient (Wildman–Crippen LogP) is 4.59. The second kappa shape index (κ2) is 10.1. The molecular formula is C27H27N3O2. The largest absolute Gasteiger partial charge is 0.348 e. The van der Waals surface area contributed by atoms with Gasteiger partial charge in [-0.05, 0) is 48.9 Å². The number of carbonyl (C=O) groups is 1. The first-order chi connectivity index (χ1) is 15.6. The maximum Gasteiger partial charge on any atom is 0.261 e. The van der Waals surface area contributed by atoms with E-state index in [1.807, 2.05) is 67.6 Å². The first-order valence-corrected chi connectivity index (χ1v) is 10.9. The number of benzene rings is 3. The number of amides is 1. The second-order valence-electron chi connectivity index (χ2n) is 8.06. The van der Waals surface area contributed by atoms with Gasteiger partial charge in [-0.15, -0.1) is 0 Å². The van der Waals surface area contributed by atoms with Crippen molar-refractivity contribution in [3.05, 3.63) is 112 Å². The second-order valence-corrected chi connectivity index (χ2v) is 8.06. The molecule has 32 heavy (non-hydrogen) atoms. The van der Waals surface area contributed by atoms with Crippen LogP contribution in [-0.4, -0.2) is 15.5 Å². The molecule has 0 aliphatic heterocycles. The number of para-hydroxylation sites is 1. The standard InChI is InChI=1S/C27H27N3O2/c1-20-10-8-16-23-26(20)28-19-30(27(23)32)18-25(31)29-24(22-14-6-3-7-15-22)17-9-13-21-11-4-2-5-12-21/h2-8,10-12,14-16,19,24H,9,13,17-18H2,1H3,(H,29,31)/t24-/m1/s1.